The van der Waals surface area contributed by atoms with Crippen LogP contribution in [0.15, 0.2) is 17.2 Å². The van der Waals surface area contributed by atoms with Gasteiger partial charge in [-0.2, -0.15) is 0 Å². The van der Waals surface area contributed by atoms with Gasteiger partial charge in [-0.25, -0.2) is 13.2 Å². The van der Waals surface area contributed by atoms with Gasteiger partial charge in [0.1, 0.15) is 5.60 Å². The summed E-state index contributed by atoms with van der Waals surface area (Å²) in [5.41, 5.74) is -0.569. The first-order chi connectivity index (χ1) is 10.6. The Kier molecular flexibility index (Phi) is 5.15. The Morgan fingerprint density at radius 1 is 1.39 bits per heavy atom. The van der Waals surface area contributed by atoms with Crippen molar-refractivity contribution < 1.29 is 17.9 Å². The van der Waals surface area contributed by atoms with Gasteiger partial charge in [0.05, 0.1) is 5.75 Å². The average molecular weight is 362 g/mol. The van der Waals surface area contributed by atoms with E-state index in [1.807, 2.05) is 0 Å². The molecule has 1 amide bonds. The highest BCUT2D eigenvalue weighted by Gasteiger charge is 2.33. The topological polar surface area (TPSA) is 89.5 Å². The third-order valence-electron chi connectivity index (χ3n) is 3.32. The zero-order chi connectivity index (χ0) is 17.3. The van der Waals surface area contributed by atoms with Crippen LogP contribution in [0.3, 0.4) is 0 Å². The van der Waals surface area contributed by atoms with Crippen LogP contribution in [0.25, 0.3) is 0 Å². The van der Waals surface area contributed by atoms with E-state index in [4.69, 9.17) is 16.3 Å². The van der Waals surface area contributed by atoms with Gasteiger partial charge < -0.3 is 9.64 Å². The number of likely N-dealkylation sites (tertiary alicyclic amines) is 1. The number of halogens is 1. The summed E-state index contributed by atoms with van der Waals surface area (Å²) in [7, 11) is -3.56. The second-order valence-electron chi connectivity index (χ2n) is 6.56. The summed E-state index contributed by atoms with van der Waals surface area (Å²) in [6, 6.07) is 2.73. The van der Waals surface area contributed by atoms with Gasteiger partial charge in [0.15, 0.2) is 20.0 Å². The van der Waals surface area contributed by atoms with Crippen molar-refractivity contribution >= 4 is 27.5 Å². The van der Waals surface area contributed by atoms with Crippen molar-refractivity contribution in [1.82, 2.24) is 15.1 Å². The molecule has 1 aliphatic heterocycles. The number of hydrogen-bond acceptors (Lipinski definition) is 6. The predicted molar refractivity (Wildman–Crippen MR) is 85.0 cm³/mol. The fourth-order valence-electron chi connectivity index (χ4n) is 2.33. The smallest absolute Gasteiger partial charge is 0.410 e. The van der Waals surface area contributed by atoms with Gasteiger partial charge >= 0.3 is 6.09 Å². The summed E-state index contributed by atoms with van der Waals surface area (Å²) in [4.78, 5) is 13.5. The van der Waals surface area contributed by atoms with Crippen molar-refractivity contribution in [3.8, 4) is 0 Å². The number of sulfone groups is 1. The number of carbonyl (C=O) groups excluding carboxylic acids is 1. The molecule has 1 saturated heterocycles. The van der Waals surface area contributed by atoms with Crippen molar-refractivity contribution in [3.05, 3.63) is 17.3 Å². The van der Waals surface area contributed by atoms with Crippen LogP contribution in [0.2, 0.25) is 5.15 Å². The molecule has 2 heterocycles. The lowest BCUT2D eigenvalue weighted by molar-refractivity contribution is 0.0289. The lowest BCUT2D eigenvalue weighted by Crippen LogP contribution is -2.35. The standard InChI is InChI=1S/C14H20ClN3O4S/c1-14(2,3)22-13(19)18-7-6-10(8-18)9-23(20,21)12-5-4-11(15)16-17-12/h4-5,10H,6-9H2,1-3H3. The number of hydrogen-bond donors (Lipinski definition) is 0. The monoisotopic (exact) mass is 361 g/mol. The molecule has 2 rings (SSSR count). The maximum Gasteiger partial charge on any atom is 0.410 e. The molecule has 1 aliphatic rings. The van der Waals surface area contributed by atoms with E-state index in [0.717, 1.165) is 0 Å². The fraction of sp³-hybridized carbons (Fsp3) is 0.643. The maximum atomic E-state index is 12.3. The zero-order valence-electron chi connectivity index (χ0n) is 13.3. The minimum Gasteiger partial charge on any atom is -0.444 e. The molecule has 7 nitrogen and oxygen atoms in total. The minimum atomic E-state index is -3.56. The van der Waals surface area contributed by atoms with Crippen molar-refractivity contribution in [2.24, 2.45) is 5.92 Å². The van der Waals surface area contributed by atoms with Crippen molar-refractivity contribution in [3.63, 3.8) is 0 Å². The van der Waals surface area contributed by atoms with Gasteiger partial charge in [-0.15, -0.1) is 10.2 Å². The van der Waals surface area contributed by atoms with Gasteiger partial charge in [0.2, 0.25) is 0 Å². The van der Waals surface area contributed by atoms with E-state index in [1.54, 1.807) is 25.7 Å². The number of aromatic nitrogens is 2. The highest BCUT2D eigenvalue weighted by atomic mass is 35.5. The van der Waals surface area contributed by atoms with Gasteiger partial charge in [-0.3, -0.25) is 0 Å². The van der Waals surface area contributed by atoms with E-state index in [9.17, 15) is 13.2 Å². The molecule has 0 radical (unpaired) electrons. The summed E-state index contributed by atoms with van der Waals surface area (Å²) in [5.74, 6) is -0.229. The number of carbonyl (C=O) groups is 1. The molecule has 0 aromatic carbocycles. The number of amides is 1. The van der Waals surface area contributed by atoms with E-state index in [-0.39, 0.29) is 21.8 Å². The second-order valence-corrected chi connectivity index (χ2v) is 8.93. The Morgan fingerprint density at radius 2 is 2.09 bits per heavy atom. The van der Waals surface area contributed by atoms with E-state index in [0.29, 0.717) is 19.5 Å². The van der Waals surface area contributed by atoms with Gasteiger partial charge in [0.25, 0.3) is 0 Å². The Hall–Kier alpha value is -1.41. The Balaban J connectivity index is 1.97. The number of nitrogens with zero attached hydrogens (tertiary/aromatic N) is 3. The quantitative estimate of drug-likeness (QED) is 0.819. The molecule has 1 atom stereocenters. The molecule has 1 aromatic heterocycles. The fourth-order valence-corrected chi connectivity index (χ4v) is 3.93. The van der Waals surface area contributed by atoms with Crippen LogP contribution in [0.1, 0.15) is 27.2 Å². The Bertz CT molecular complexity index is 670. The van der Waals surface area contributed by atoms with Crippen LogP contribution < -0.4 is 0 Å². The van der Waals surface area contributed by atoms with Gasteiger partial charge in [-0.05, 0) is 45.2 Å². The Morgan fingerprint density at radius 3 is 2.65 bits per heavy atom. The van der Waals surface area contributed by atoms with Crippen LogP contribution in [0, 0.1) is 5.92 Å². The molecule has 1 fully saturated rings. The molecular weight excluding hydrogens is 342 g/mol. The van der Waals surface area contributed by atoms with Crippen LogP contribution >= 0.6 is 11.6 Å². The molecule has 0 saturated carbocycles. The van der Waals surface area contributed by atoms with Crippen molar-refractivity contribution in [2.45, 2.75) is 37.8 Å². The molecule has 1 aromatic rings. The number of rotatable bonds is 3. The molecule has 23 heavy (non-hydrogen) atoms. The lowest BCUT2D eigenvalue weighted by Gasteiger charge is -2.24. The molecule has 0 aliphatic carbocycles. The molecule has 0 bridgehead atoms. The van der Waals surface area contributed by atoms with E-state index in [2.05, 4.69) is 10.2 Å². The van der Waals surface area contributed by atoms with Crippen LogP contribution in [-0.4, -0.2) is 54.1 Å². The SMILES string of the molecule is CC(C)(C)OC(=O)N1CCC(CS(=O)(=O)c2ccc(Cl)nn2)C1. The largest absolute Gasteiger partial charge is 0.444 e. The van der Waals surface area contributed by atoms with Crippen LogP contribution in [0.5, 0.6) is 0 Å². The minimum absolute atomic E-state index is 0.0807. The average Bonchev–Trinajstić information content (AvgIpc) is 2.85. The normalized spacial score (nSPS) is 19.0. The maximum absolute atomic E-state index is 12.3. The van der Waals surface area contributed by atoms with E-state index < -0.39 is 21.5 Å². The molecule has 9 heteroatoms. The number of ether oxygens (including phenoxy) is 1. The predicted octanol–water partition coefficient (Wildman–Crippen LogP) is 2.16. The molecule has 128 valence electrons. The second kappa shape index (κ2) is 6.60. The highest BCUT2D eigenvalue weighted by Crippen LogP contribution is 2.23. The zero-order valence-corrected chi connectivity index (χ0v) is 14.9. The van der Waals surface area contributed by atoms with E-state index >= 15 is 0 Å². The van der Waals surface area contributed by atoms with Crippen molar-refractivity contribution in [2.75, 3.05) is 18.8 Å². The van der Waals surface area contributed by atoms with Crippen molar-refractivity contribution in [1.29, 1.82) is 0 Å². The molecule has 0 spiro atoms. The highest BCUT2D eigenvalue weighted by molar-refractivity contribution is 7.91. The van der Waals surface area contributed by atoms with Crippen LogP contribution in [0.4, 0.5) is 4.79 Å². The lowest BCUT2D eigenvalue weighted by atomic mass is 10.2. The Labute approximate surface area is 140 Å². The summed E-state index contributed by atoms with van der Waals surface area (Å²) in [6.45, 7) is 6.23. The summed E-state index contributed by atoms with van der Waals surface area (Å²) >= 11 is 5.61. The first-order valence-corrected chi connectivity index (χ1v) is 9.30. The molecular formula is C14H20ClN3O4S. The van der Waals surface area contributed by atoms with Crippen LogP contribution in [-0.2, 0) is 14.6 Å². The first kappa shape index (κ1) is 17.9. The molecule has 1 unspecified atom stereocenters. The first-order valence-electron chi connectivity index (χ1n) is 7.27. The third-order valence-corrected chi connectivity index (χ3v) is 5.29. The summed E-state index contributed by atoms with van der Waals surface area (Å²) in [5, 5.41) is 7.21. The summed E-state index contributed by atoms with van der Waals surface area (Å²) < 4.78 is 29.9. The summed E-state index contributed by atoms with van der Waals surface area (Å²) in [6.07, 6.45) is 0.197. The third kappa shape index (κ3) is 5.04. The van der Waals surface area contributed by atoms with Gasteiger partial charge in [0, 0.05) is 13.1 Å². The van der Waals surface area contributed by atoms with E-state index in [1.165, 1.54) is 12.1 Å². The van der Waals surface area contributed by atoms with Gasteiger partial charge in [-0.1, -0.05) is 11.6 Å². The molecule has 0 N–H and O–H groups in total.